The van der Waals surface area contributed by atoms with Gasteiger partial charge in [0.2, 0.25) is 5.91 Å². The number of methoxy groups -OCH3 is 1. The van der Waals surface area contributed by atoms with Crippen molar-refractivity contribution in [3.05, 3.63) is 30.3 Å². The van der Waals surface area contributed by atoms with Gasteiger partial charge >= 0.3 is 0 Å². The van der Waals surface area contributed by atoms with E-state index in [4.69, 9.17) is 4.74 Å². The summed E-state index contributed by atoms with van der Waals surface area (Å²) >= 11 is 0. The van der Waals surface area contributed by atoms with Gasteiger partial charge in [-0.3, -0.25) is 9.79 Å². The molecule has 7 nitrogen and oxygen atoms in total. The monoisotopic (exact) mass is 361 g/mol. The summed E-state index contributed by atoms with van der Waals surface area (Å²) in [7, 11) is 3.77. The number of carbonyl (C=O) groups excluding carboxylic acids is 1. The number of carbonyl (C=O) groups is 1. The van der Waals surface area contributed by atoms with Gasteiger partial charge in [0.15, 0.2) is 5.96 Å². The number of hydrogen-bond acceptors (Lipinski definition) is 4. The Morgan fingerprint density at radius 2 is 2.12 bits per heavy atom. The van der Waals surface area contributed by atoms with Crippen molar-refractivity contribution in [1.82, 2.24) is 15.5 Å². The van der Waals surface area contributed by atoms with E-state index in [0.29, 0.717) is 19.5 Å². The van der Waals surface area contributed by atoms with Gasteiger partial charge in [-0.2, -0.15) is 0 Å². The lowest BCUT2D eigenvalue weighted by atomic mass is 10.2. The van der Waals surface area contributed by atoms with Crippen molar-refractivity contribution in [3.63, 3.8) is 0 Å². The Labute approximate surface area is 156 Å². The number of rotatable bonds is 9. The van der Waals surface area contributed by atoms with Crippen molar-refractivity contribution >= 4 is 17.6 Å². The fourth-order valence-electron chi connectivity index (χ4n) is 2.87. The minimum atomic E-state index is 0.0618. The van der Waals surface area contributed by atoms with Crippen LogP contribution in [0.4, 0.5) is 5.69 Å². The second-order valence-corrected chi connectivity index (χ2v) is 6.44. The van der Waals surface area contributed by atoms with E-state index in [1.54, 1.807) is 7.11 Å². The van der Waals surface area contributed by atoms with Crippen molar-refractivity contribution in [2.75, 3.05) is 58.4 Å². The molecule has 2 N–H and O–H groups in total. The first-order valence-corrected chi connectivity index (χ1v) is 9.21. The highest BCUT2D eigenvalue weighted by Crippen LogP contribution is 2.20. The van der Waals surface area contributed by atoms with Crippen LogP contribution < -0.4 is 15.5 Å². The molecule has 0 spiro atoms. The molecule has 1 unspecified atom stereocenters. The summed E-state index contributed by atoms with van der Waals surface area (Å²) in [5.41, 5.74) is 0.948. The van der Waals surface area contributed by atoms with E-state index in [9.17, 15) is 4.79 Å². The van der Waals surface area contributed by atoms with Gasteiger partial charge in [0.1, 0.15) is 0 Å². The lowest BCUT2D eigenvalue weighted by molar-refractivity contribution is -0.117. The fourth-order valence-corrected chi connectivity index (χ4v) is 2.87. The molecule has 0 bridgehead atoms. The van der Waals surface area contributed by atoms with Crippen LogP contribution in [0.3, 0.4) is 0 Å². The molecule has 1 saturated heterocycles. The predicted molar refractivity (Wildman–Crippen MR) is 106 cm³/mol. The van der Waals surface area contributed by atoms with Gasteiger partial charge in [-0.05, 0) is 26.1 Å². The van der Waals surface area contributed by atoms with Crippen LogP contribution in [0.5, 0.6) is 0 Å². The van der Waals surface area contributed by atoms with Gasteiger partial charge in [-0.15, -0.1) is 0 Å². The Morgan fingerprint density at radius 1 is 1.35 bits per heavy atom. The lowest BCUT2D eigenvalue weighted by Gasteiger charge is -2.19. The molecule has 144 valence electrons. The summed E-state index contributed by atoms with van der Waals surface area (Å²) < 4.78 is 5.08. The Balaban J connectivity index is 1.87. The molecule has 1 aromatic carbocycles. The number of anilines is 1. The number of benzene rings is 1. The van der Waals surface area contributed by atoms with E-state index in [1.807, 2.05) is 42.2 Å². The van der Waals surface area contributed by atoms with Crippen LogP contribution in [0.25, 0.3) is 0 Å². The van der Waals surface area contributed by atoms with Crippen molar-refractivity contribution in [3.8, 4) is 0 Å². The SMILES string of the molecule is CCNC(=NCCN(C)CCOC)NC1CC(=O)N(c2ccccc2)C1. The number of aliphatic imine (C=N–C) groups is 1. The Bertz CT molecular complexity index is 579. The highest BCUT2D eigenvalue weighted by molar-refractivity contribution is 5.97. The second kappa shape index (κ2) is 10.8. The topological polar surface area (TPSA) is 69.2 Å². The van der Waals surface area contributed by atoms with E-state index in [0.717, 1.165) is 37.9 Å². The van der Waals surface area contributed by atoms with E-state index in [2.05, 4.69) is 27.6 Å². The van der Waals surface area contributed by atoms with Gasteiger partial charge in [-0.25, -0.2) is 0 Å². The molecule has 1 aromatic rings. The number of ether oxygens (including phenoxy) is 1. The molecule has 1 aliphatic heterocycles. The largest absolute Gasteiger partial charge is 0.383 e. The average Bonchev–Trinajstić information content (AvgIpc) is 3.01. The molecule has 1 atom stereocenters. The number of guanidine groups is 1. The number of nitrogens with zero attached hydrogens (tertiary/aromatic N) is 3. The highest BCUT2D eigenvalue weighted by atomic mass is 16.5. The van der Waals surface area contributed by atoms with Crippen LogP contribution in [0, 0.1) is 0 Å². The number of hydrogen-bond donors (Lipinski definition) is 2. The van der Waals surface area contributed by atoms with Gasteiger partial charge in [0.25, 0.3) is 0 Å². The molecule has 0 aromatic heterocycles. The molecule has 1 amide bonds. The normalized spacial score (nSPS) is 17.8. The zero-order valence-electron chi connectivity index (χ0n) is 16.1. The van der Waals surface area contributed by atoms with Gasteiger partial charge < -0.3 is 25.2 Å². The van der Waals surface area contributed by atoms with E-state index in [-0.39, 0.29) is 11.9 Å². The summed E-state index contributed by atoms with van der Waals surface area (Å²) in [6.07, 6.45) is 0.479. The number of amides is 1. The number of para-hydroxylation sites is 1. The number of nitrogens with one attached hydrogen (secondary N) is 2. The second-order valence-electron chi connectivity index (χ2n) is 6.44. The van der Waals surface area contributed by atoms with Crippen LogP contribution in [0.15, 0.2) is 35.3 Å². The third-order valence-electron chi connectivity index (χ3n) is 4.31. The average molecular weight is 361 g/mol. The Morgan fingerprint density at radius 3 is 2.81 bits per heavy atom. The molecule has 2 rings (SSSR count). The molecule has 0 saturated carbocycles. The summed E-state index contributed by atoms with van der Waals surface area (Å²) in [5, 5.41) is 6.66. The van der Waals surface area contributed by atoms with Crippen LogP contribution in [-0.4, -0.2) is 76.3 Å². The zero-order chi connectivity index (χ0) is 18.8. The summed E-state index contributed by atoms with van der Waals surface area (Å²) in [4.78, 5) is 21.0. The molecule has 7 heteroatoms. The maximum absolute atomic E-state index is 12.3. The Kier molecular flexibility index (Phi) is 8.37. The van der Waals surface area contributed by atoms with Crippen LogP contribution >= 0.6 is 0 Å². The summed E-state index contributed by atoms with van der Waals surface area (Å²) in [5.74, 6) is 0.907. The minimum absolute atomic E-state index is 0.0618. The summed E-state index contributed by atoms with van der Waals surface area (Å²) in [6, 6.07) is 9.86. The van der Waals surface area contributed by atoms with E-state index in [1.165, 1.54) is 0 Å². The van der Waals surface area contributed by atoms with Crippen LogP contribution in [-0.2, 0) is 9.53 Å². The molecular weight excluding hydrogens is 330 g/mol. The molecule has 1 heterocycles. The third-order valence-corrected chi connectivity index (χ3v) is 4.31. The quantitative estimate of drug-likeness (QED) is 0.506. The van der Waals surface area contributed by atoms with Crippen molar-refractivity contribution in [2.45, 2.75) is 19.4 Å². The van der Waals surface area contributed by atoms with E-state index >= 15 is 0 Å². The standard InChI is InChI=1S/C19H31N5O2/c1-4-20-19(21-10-11-23(2)12-13-26-3)22-16-14-18(25)24(15-16)17-8-6-5-7-9-17/h5-9,16H,4,10-15H2,1-3H3,(H2,20,21,22). The highest BCUT2D eigenvalue weighted by Gasteiger charge is 2.30. The Hall–Kier alpha value is -2.12. The molecule has 0 aliphatic carbocycles. The fraction of sp³-hybridized carbons (Fsp3) is 0.579. The molecule has 1 aliphatic rings. The first kappa shape index (κ1) is 20.2. The minimum Gasteiger partial charge on any atom is -0.383 e. The first-order valence-electron chi connectivity index (χ1n) is 9.21. The lowest BCUT2D eigenvalue weighted by Crippen LogP contribution is -2.45. The van der Waals surface area contributed by atoms with Crippen molar-refractivity contribution < 1.29 is 9.53 Å². The zero-order valence-corrected chi connectivity index (χ0v) is 16.1. The van der Waals surface area contributed by atoms with Crippen LogP contribution in [0.1, 0.15) is 13.3 Å². The number of likely N-dealkylation sites (N-methyl/N-ethyl adjacent to an activating group) is 1. The third kappa shape index (κ3) is 6.31. The molecule has 26 heavy (non-hydrogen) atoms. The molecule has 0 radical (unpaired) electrons. The van der Waals surface area contributed by atoms with Gasteiger partial charge in [0, 0.05) is 45.4 Å². The van der Waals surface area contributed by atoms with Crippen molar-refractivity contribution in [2.24, 2.45) is 4.99 Å². The molecule has 1 fully saturated rings. The van der Waals surface area contributed by atoms with Gasteiger partial charge in [0.05, 0.1) is 19.2 Å². The maximum Gasteiger partial charge on any atom is 0.229 e. The first-order chi connectivity index (χ1) is 12.6. The summed E-state index contributed by atoms with van der Waals surface area (Å²) in [6.45, 7) is 6.64. The molecular formula is C19H31N5O2. The van der Waals surface area contributed by atoms with Gasteiger partial charge in [-0.1, -0.05) is 18.2 Å². The smallest absolute Gasteiger partial charge is 0.229 e. The van der Waals surface area contributed by atoms with E-state index < -0.39 is 0 Å². The predicted octanol–water partition coefficient (Wildman–Crippen LogP) is 0.925. The van der Waals surface area contributed by atoms with Crippen LogP contribution in [0.2, 0.25) is 0 Å². The maximum atomic E-state index is 12.3. The van der Waals surface area contributed by atoms with Crippen molar-refractivity contribution in [1.29, 1.82) is 0 Å².